The largest absolute Gasteiger partial charge is 0.322 e. The summed E-state index contributed by atoms with van der Waals surface area (Å²) in [5.41, 5.74) is 0.0473. The highest BCUT2D eigenvalue weighted by Crippen LogP contribution is 2.14. The number of carbonyl (C=O) groups excluding carboxylic acids is 2. The molecule has 25 heavy (non-hydrogen) atoms. The van der Waals surface area contributed by atoms with Crippen LogP contribution in [0.4, 0.5) is 24.5 Å². The molecular weight excluding hydrogens is 335 g/mol. The molecule has 0 aromatic heterocycles. The van der Waals surface area contributed by atoms with Crippen LogP contribution in [0.3, 0.4) is 0 Å². The van der Waals surface area contributed by atoms with E-state index in [0.717, 1.165) is 18.2 Å². The second kappa shape index (κ2) is 8.29. The van der Waals surface area contributed by atoms with Crippen LogP contribution >= 0.6 is 0 Å². The van der Waals surface area contributed by atoms with Crippen molar-refractivity contribution in [2.45, 2.75) is 0 Å². The van der Waals surface area contributed by atoms with Crippen LogP contribution in [0.1, 0.15) is 0 Å². The summed E-state index contributed by atoms with van der Waals surface area (Å²) in [7, 11) is 1.59. The van der Waals surface area contributed by atoms with E-state index in [4.69, 9.17) is 0 Å². The summed E-state index contributed by atoms with van der Waals surface area (Å²) < 4.78 is 39.6. The van der Waals surface area contributed by atoms with Crippen LogP contribution in [0.15, 0.2) is 42.5 Å². The molecule has 0 saturated carbocycles. The molecule has 1 atom stereocenters. The molecule has 0 radical (unpaired) electrons. The van der Waals surface area contributed by atoms with Crippen molar-refractivity contribution < 1.29 is 27.7 Å². The molecule has 2 rings (SSSR count). The molecule has 0 fully saturated rings. The fourth-order valence-electron chi connectivity index (χ4n) is 2.17. The molecule has 0 bridgehead atoms. The minimum absolute atomic E-state index is 0.0600. The Labute approximate surface area is 142 Å². The predicted molar refractivity (Wildman–Crippen MR) is 86.6 cm³/mol. The van der Waals surface area contributed by atoms with Gasteiger partial charge in [-0.3, -0.25) is 9.59 Å². The Hall–Kier alpha value is -2.87. The number of likely N-dealkylation sites (N-methyl/N-ethyl adjacent to an activating group) is 1. The Kier molecular flexibility index (Phi) is 6.13. The molecule has 0 saturated heterocycles. The third-order valence-corrected chi connectivity index (χ3v) is 3.24. The topological polar surface area (TPSA) is 62.6 Å². The molecule has 0 spiro atoms. The second-order valence-corrected chi connectivity index (χ2v) is 5.54. The summed E-state index contributed by atoms with van der Waals surface area (Å²) in [6, 6.07) is 8.15. The average molecular weight is 352 g/mol. The van der Waals surface area contributed by atoms with E-state index in [1.165, 1.54) is 24.3 Å². The van der Waals surface area contributed by atoms with Crippen molar-refractivity contribution in [1.29, 1.82) is 0 Å². The van der Waals surface area contributed by atoms with E-state index in [0.29, 0.717) is 10.6 Å². The molecule has 2 aromatic rings. The Bertz CT molecular complexity index is 783. The van der Waals surface area contributed by atoms with Gasteiger partial charge < -0.3 is 15.5 Å². The van der Waals surface area contributed by atoms with Crippen LogP contribution in [-0.2, 0) is 9.59 Å². The van der Waals surface area contributed by atoms with E-state index in [-0.39, 0.29) is 18.8 Å². The highest BCUT2D eigenvalue weighted by atomic mass is 19.1. The van der Waals surface area contributed by atoms with Crippen LogP contribution in [-0.4, -0.2) is 32.0 Å². The van der Waals surface area contributed by atoms with Crippen LogP contribution in [0.25, 0.3) is 0 Å². The van der Waals surface area contributed by atoms with Crippen LogP contribution in [0.5, 0.6) is 0 Å². The minimum atomic E-state index is -0.753. The third-order valence-electron chi connectivity index (χ3n) is 3.24. The van der Waals surface area contributed by atoms with E-state index >= 15 is 0 Å². The van der Waals surface area contributed by atoms with Crippen molar-refractivity contribution in [2.75, 3.05) is 30.8 Å². The molecule has 0 aliphatic carbocycles. The highest BCUT2D eigenvalue weighted by molar-refractivity contribution is 5.93. The number of nitrogens with one attached hydrogen (secondary N) is 3. The van der Waals surface area contributed by atoms with E-state index < -0.39 is 29.3 Å². The first kappa shape index (κ1) is 18.5. The van der Waals surface area contributed by atoms with Crippen LogP contribution in [0.2, 0.25) is 0 Å². The summed E-state index contributed by atoms with van der Waals surface area (Å²) in [6.07, 6.45) is 0. The molecule has 1 unspecified atom stereocenters. The van der Waals surface area contributed by atoms with Gasteiger partial charge in [-0.2, -0.15) is 0 Å². The first-order chi connectivity index (χ1) is 11.8. The SMILES string of the molecule is C[NH+](CC(=O)Nc1cccc(F)c1)CC(=O)Nc1cc(F)ccc1F. The van der Waals surface area contributed by atoms with Crippen molar-refractivity contribution in [3.63, 3.8) is 0 Å². The number of halogens is 3. The Morgan fingerprint density at radius 2 is 1.56 bits per heavy atom. The van der Waals surface area contributed by atoms with Gasteiger partial charge in [0.05, 0.1) is 12.7 Å². The first-order valence-electron chi connectivity index (χ1n) is 7.45. The fraction of sp³-hybridized carbons (Fsp3) is 0.176. The van der Waals surface area contributed by atoms with Gasteiger partial charge in [-0.25, -0.2) is 13.2 Å². The maximum absolute atomic E-state index is 13.5. The number of anilines is 2. The number of carbonyl (C=O) groups is 2. The van der Waals surface area contributed by atoms with Crippen molar-refractivity contribution in [2.24, 2.45) is 0 Å². The highest BCUT2D eigenvalue weighted by Gasteiger charge is 2.16. The number of benzene rings is 2. The fourth-order valence-corrected chi connectivity index (χ4v) is 2.17. The van der Waals surface area contributed by atoms with Gasteiger partial charge in [0.2, 0.25) is 0 Å². The van der Waals surface area contributed by atoms with Crippen molar-refractivity contribution >= 4 is 23.2 Å². The van der Waals surface area contributed by atoms with Crippen LogP contribution < -0.4 is 15.5 Å². The lowest BCUT2D eigenvalue weighted by molar-refractivity contribution is -0.862. The molecule has 132 valence electrons. The van der Waals surface area contributed by atoms with Gasteiger partial charge in [0, 0.05) is 11.8 Å². The molecule has 3 N–H and O–H groups in total. The molecule has 2 aromatic carbocycles. The predicted octanol–water partition coefficient (Wildman–Crippen LogP) is 1.20. The zero-order valence-corrected chi connectivity index (χ0v) is 13.4. The number of rotatable bonds is 6. The number of hydrogen-bond donors (Lipinski definition) is 3. The molecule has 5 nitrogen and oxygen atoms in total. The lowest BCUT2D eigenvalue weighted by atomic mass is 10.3. The minimum Gasteiger partial charge on any atom is -0.322 e. The Balaban J connectivity index is 1.84. The molecule has 0 aliphatic rings. The zero-order chi connectivity index (χ0) is 18.4. The summed E-state index contributed by atoms with van der Waals surface area (Å²) >= 11 is 0. The lowest BCUT2D eigenvalue weighted by Gasteiger charge is -2.14. The smallest absolute Gasteiger partial charge is 0.279 e. The number of amides is 2. The van der Waals surface area contributed by atoms with E-state index in [9.17, 15) is 22.8 Å². The lowest BCUT2D eigenvalue weighted by Crippen LogP contribution is -3.11. The molecular formula is C17H17F3N3O2+. The average Bonchev–Trinajstić information content (AvgIpc) is 2.50. The summed E-state index contributed by atoms with van der Waals surface area (Å²) in [5.74, 6) is -2.88. The normalized spacial score (nSPS) is 11.7. The van der Waals surface area contributed by atoms with Gasteiger partial charge in [-0.05, 0) is 30.3 Å². The van der Waals surface area contributed by atoms with Crippen molar-refractivity contribution in [3.05, 3.63) is 59.9 Å². The van der Waals surface area contributed by atoms with E-state index in [1.807, 2.05) is 0 Å². The summed E-state index contributed by atoms with van der Waals surface area (Å²) in [5, 5.41) is 4.77. The van der Waals surface area contributed by atoms with E-state index in [2.05, 4.69) is 10.6 Å². The quantitative estimate of drug-likeness (QED) is 0.732. The second-order valence-electron chi connectivity index (χ2n) is 5.54. The van der Waals surface area contributed by atoms with Crippen LogP contribution in [0, 0.1) is 17.5 Å². The first-order valence-corrected chi connectivity index (χ1v) is 7.45. The zero-order valence-electron chi connectivity index (χ0n) is 13.4. The molecule has 0 aliphatic heterocycles. The molecule has 8 heteroatoms. The summed E-state index contributed by atoms with van der Waals surface area (Å²) in [4.78, 5) is 24.3. The molecule has 0 heterocycles. The number of quaternary nitrogens is 1. The third kappa shape index (κ3) is 5.92. The van der Waals surface area contributed by atoms with Gasteiger partial charge in [0.15, 0.2) is 13.1 Å². The van der Waals surface area contributed by atoms with E-state index in [1.54, 1.807) is 7.05 Å². The molecule has 2 amide bonds. The standard InChI is InChI=1S/C17H16F3N3O2/c1-23(9-16(24)21-13-4-2-3-11(18)7-13)10-17(25)22-15-8-12(19)5-6-14(15)20/h2-8H,9-10H2,1H3,(H,21,24)(H,22,25)/p+1. The maximum atomic E-state index is 13.5. The Morgan fingerprint density at radius 1 is 0.920 bits per heavy atom. The summed E-state index contributed by atoms with van der Waals surface area (Å²) in [6.45, 7) is -0.192. The van der Waals surface area contributed by atoms with Gasteiger partial charge in [-0.1, -0.05) is 6.07 Å². The van der Waals surface area contributed by atoms with Gasteiger partial charge >= 0.3 is 0 Å². The van der Waals surface area contributed by atoms with Gasteiger partial charge in [0.25, 0.3) is 11.8 Å². The number of hydrogen-bond acceptors (Lipinski definition) is 2. The van der Waals surface area contributed by atoms with Gasteiger partial charge in [0.1, 0.15) is 17.5 Å². The van der Waals surface area contributed by atoms with Crippen molar-refractivity contribution in [1.82, 2.24) is 0 Å². The van der Waals surface area contributed by atoms with Gasteiger partial charge in [-0.15, -0.1) is 0 Å². The monoisotopic (exact) mass is 352 g/mol. The Morgan fingerprint density at radius 3 is 2.24 bits per heavy atom. The van der Waals surface area contributed by atoms with Crippen molar-refractivity contribution in [3.8, 4) is 0 Å². The maximum Gasteiger partial charge on any atom is 0.279 e.